The molecule has 0 saturated carbocycles. The summed E-state index contributed by atoms with van der Waals surface area (Å²) < 4.78 is 17.2. The Hall–Kier alpha value is -3.53. The molecular formula is C23H23N3O6S. The number of nitrogens with one attached hydrogen (secondary N) is 1. The highest BCUT2D eigenvalue weighted by atomic mass is 32.2. The first-order valence-electron chi connectivity index (χ1n) is 10.4. The number of benzene rings is 2. The van der Waals surface area contributed by atoms with Gasteiger partial charge in [0.1, 0.15) is 13.2 Å². The lowest BCUT2D eigenvalue weighted by molar-refractivity contribution is -0.140. The second kappa shape index (κ2) is 9.95. The van der Waals surface area contributed by atoms with Crippen LogP contribution in [-0.4, -0.2) is 47.0 Å². The van der Waals surface area contributed by atoms with Crippen LogP contribution in [0.4, 0.5) is 5.69 Å². The van der Waals surface area contributed by atoms with E-state index < -0.39 is 11.2 Å². The van der Waals surface area contributed by atoms with E-state index in [1.54, 1.807) is 49.4 Å². The van der Waals surface area contributed by atoms with Gasteiger partial charge in [-0.2, -0.15) is 0 Å². The van der Waals surface area contributed by atoms with Gasteiger partial charge in [0.05, 0.1) is 29.7 Å². The summed E-state index contributed by atoms with van der Waals surface area (Å²) in [5.74, 6) is 0.512. The molecule has 0 bridgehead atoms. The third-order valence-corrected chi connectivity index (χ3v) is 6.15. The maximum atomic E-state index is 13.1. The number of carbonyl (C=O) groups is 2. The van der Waals surface area contributed by atoms with Gasteiger partial charge in [0.15, 0.2) is 16.7 Å². The fourth-order valence-electron chi connectivity index (χ4n) is 3.32. The normalized spacial score (nSPS) is 13.4. The first-order chi connectivity index (χ1) is 16.0. The first kappa shape index (κ1) is 22.7. The summed E-state index contributed by atoms with van der Waals surface area (Å²) in [6.45, 7) is 2.77. The molecule has 4 rings (SSSR count). The lowest BCUT2D eigenvalue weighted by Gasteiger charge is -2.19. The summed E-state index contributed by atoms with van der Waals surface area (Å²) in [7, 11) is 1.30. The molecule has 0 unspecified atom stereocenters. The van der Waals surface area contributed by atoms with Crippen LogP contribution >= 0.6 is 11.8 Å². The molecule has 1 aliphatic rings. The summed E-state index contributed by atoms with van der Waals surface area (Å²) in [6.07, 6.45) is 0.0156. The Labute approximate surface area is 194 Å². The highest BCUT2D eigenvalue weighted by Gasteiger charge is 2.21. The Morgan fingerprint density at radius 1 is 1.18 bits per heavy atom. The zero-order valence-electron chi connectivity index (χ0n) is 18.2. The van der Waals surface area contributed by atoms with E-state index in [4.69, 9.17) is 14.2 Å². The molecule has 10 heteroatoms. The summed E-state index contributed by atoms with van der Waals surface area (Å²) in [4.78, 5) is 42.2. The van der Waals surface area contributed by atoms with Crippen LogP contribution in [-0.2, 0) is 20.9 Å². The number of hydrogen-bond donors (Lipinski definition) is 1. The minimum Gasteiger partial charge on any atom is -0.486 e. The van der Waals surface area contributed by atoms with Crippen LogP contribution in [0.3, 0.4) is 0 Å². The Morgan fingerprint density at radius 3 is 2.73 bits per heavy atom. The van der Waals surface area contributed by atoms with Gasteiger partial charge >= 0.3 is 5.97 Å². The van der Waals surface area contributed by atoms with Crippen molar-refractivity contribution in [2.45, 2.75) is 30.3 Å². The molecule has 2 aromatic carbocycles. The molecule has 9 nitrogen and oxygen atoms in total. The van der Waals surface area contributed by atoms with Crippen molar-refractivity contribution in [1.82, 2.24) is 9.55 Å². The van der Waals surface area contributed by atoms with Gasteiger partial charge in [-0.1, -0.05) is 23.9 Å². The van der Waals surface area contributed by atoms with Crippen LogP contribution in [0, 0.1) is 0 Å². The average Bonchev–Trinajstić information content (AvgIpc) is 2.83. The van der Waals surface area contributed by atoms with Gasteiger partial charge in [-0.15, -0.1) is 0 Å². The van der Waals surface area contributed by atoms with E-state index in [-0.39, 0.29) is 24.4 Å². The van der Waals surface area contributed by atoms with Gasteiger partial charge in [0.2, 0.25) is 5.91 Å². The number of rotatable bonds is 7. The molecule has 0 radical (unpaired) electrons. The number of fused-ring (bicyclic) bond motifs is 2. The van der Waals surface area contributed by atoms with Crippen molar-refractivity contribution in [2.24, 2.45) is 0 Å². The van der Waals surface area contributed by atoms with Gasteiger partial charge in [0, 0.05) is 18.3 Å². The third kappa shape index (κ3) is 5.11. The number of anilines is 1. The van der Waals surface area contributed by atoms with Crippen LogP contribution in [0.15, 0.2) is 52.4 Å². The van der Waals surface area contributed by atoms with Crippen LogP contribution in [0.2, 0.25) is 0 Å². The van der Waals surface area contributed by atoms with E-state index in [0.717, 1.165) is 11.8 Å². The number of thioether (sulfide) groups is 1. The largest absolute Gasteiger partial charge is 0.486 e. The molecule has 1 atom stereocenters. The van der Waals surface area contributed by atoms with Crippen LogP contribution in [0.5, 0.6) is 11.5 Å². The van der Waals surface area contributed by atoms with Crippen molar-refractivity contribution in [2.75, 3.05) is 25.6 Å². The lowest BCUT2D eigenvalue weighted by atomic mass is 10.2. The van der Waals surface area contributed by atoms with Crippen molar-refractivity contribution in [3.8, 4) is 11.5 Å². The molecule has 1 N–H and O–H groups in total. The molecule has 2 heterocycles. The fourth-order valence-corrected chi connectivity index (χ4v) is 4.25. The summed E-state index contributed by atoms with van der Waals surface area (Å²) >= 11 is 1.15. The Kier molecular flexibility index (Phi) is 6.83. The van der Waals surface area contributed by atoms with Crippen molar-refractivity contribution in [3.63, 3.8) is 0 Å². The molecule has 0 aliphatic carbocycles. The predicted octanol–water partition coefficient (Wildman–Crippen LogP) is 2.85. The minimum absolute atomic E-state index is 0.0156. The maximum Gasteiger partial charge on any atom is 0.307 e. The third-order valence-electron chi connectivity index (χ3n) is 5.05. The Balaban J connectivity index is 1.55. The van der Waals surface area contributed by atoms with Crippen LogP contribution in [0.1, 0.15) is 13.3 Å². The zero-order valence-corrected chi connectivity index (χ0v) is 19.0. The number of nitrogens with zero attached hydrogens (tertiary/aromatic N) is 2. The number of hydrogen-bond acceptors (Lipinski definition) is 8. The second-order valence-electron chi connectivity index (χ2n) is 7.30. The second-order valence-corrected chi connectivity index (χ2v) is 8.61. The molecule has 172 valence electrons. The van der Waals surface area contributed by atoms with Gasteiger partial charge in [-0.05, 0) is 31.2 Å². The molecule has 33 heavy (non-hydrogen) atoms. The number of amides is 1. The summed E-state index contributed by atoms with van der Waals surface area (Å²) in [6, 6.07) is 12.2. The summed E-state index contributed by atoms with van der Waals surface area (Å²) in [5.41, 5.74) is 0.830. The minimum atomic E-state index is -0.573. The van der Waals surface area contributed by atoms with Crippen LogP contribution < -0.4 is 20.3 Å². The van der Waals surface area contributed by atoms with E-state index in [9.17, 15) is 14.4 Å². The SMILES string of the molecule is COC(=O)CCn1c(S[C@@H](C)C(=O)Nc2ccc3c(c2)OCCO3)nc2ccccc2c1=O. The number of aromatic nitrogens is 2. The topological polar surface area (TPSA) is 109 Å². The predicted molar refractivity (Wildman–Crippen MR) is 124 cm³/mol. The number of ether oxygens (including phenoxy) is 3. The van der Waals surface area contributed by atoms with Gasteiger partial charge < -0.3 is 19.5 Å². The number of methoxy groups -OCH3 is 1. The first-order valence-corrected chi connectivity index (χ1v) is 11.3. The van der Waals surface area contributed by atoms with E-state index in [1.807, 2.05) is 0 Å². The van der Waals surface area contributed by atoms with Crippen LogP contribution in [0.25, 0.3) is 10.9 Å². The van der Waals surface area contributed by atoms with Gasteiger partial charge in [-0.25, -0.2) is 4.98 Å². The summed E-state index contributed by atoms with van der Waals surface area (Å²) in [5, 5.41) is 3.08. The average molecular weight is 470 g/mol. The van der Waals surface area contributed by atoms with Gasteiger partial charge in [-0.3, -0.25) is 19.0 Å². The Morgan fingerprint density at radius 2 is 1.94 bits per heavy atom. The number of esters is 1. The van der Waals surface area contributed by atoms with Crippen molar-refractivity contribution >= 4 is 40.2 Å². The van der Waals surface area contributed by atoms with E-state index in [1.165, 1.54) is 11.7 Å². The molecule has 1 aliphatic heterocycles. The maximum absolute atomic E-state index is 13.1. The number of carbonyl (C=O) groups excluding carboxylic acids is 2. The van der Waals surface area contributed by atoms with E-state index in [0.29, 0.717) is 46.5 Å². The fraction of sp³-hybridized carbons (Fsp3) is 0.304. The van der Waals surface area contributed by atoms with E-state index in [2.05, 4.69) is 10.3 Å². The molecule has 1 aromatic heterocycles. The Bertz CT molecular complexity index is 1260. The van der Waals surface area contributed by atoms with E-state index >= 15 is 0 Å². The lowest BCUT2D eigenvalue weighted by Crippen LogP contribution is -2.28. The molecule has 0 spiro atoms. The molecular weight excluding hydrogens is 446 g/mol. The van der Waals surface area contributed by atoms with Gasteiger partial charge in [0.25, 0.3) is 5.56 Å². The monoisotopic (exact) mass is 469 g/mol. The number of para-hydroxylation sites is 1. The molecule has 1 amide bonds. The van der Waals surface area contributed by atoms with Crippen molar-refractivity contribution < 1.29 is 23.8 Å². The highest BCUT2D eigenvalue weighted by Crippen LogP contribution is 2.33. The standard InChI is InChI=1S/C23H23N3O6S/c1-14(21(28)24-15-7-8-18-19(13-15)32-12-11-31-18)33-23-25-17-6-4-3-5-16(17)22(29)26(23)10-9-20(27)30-2/h3-8,13-14H,9-12H2,1-2H3,(H,24,28)/t14-/m0/s1. The molecule has 0 saturated heterocycles. The smallest absolute Gasteiger partial charge is 0.307 e. The quantitative estimate of drug-likeness (QED) is 0.320. The van der Waals surface area contributed by atoms with Crippen molar-refractivity contribution in [3.05, 3.63) is 52.8 Å². The molecule has 0 fully saturated rings. The highest BCUT2D eigenvalue weighted by molar-refractivity contribution is 8.00. The molecule has 3 aromatic rings. The zero-order chi connectivity index (χ0) is 23.4. The van der Waals surface area contributed by atoms with Crippen molar-refractivity contribution in [1.29, 1.82) is 0 Å².